The van der Waals surface area contributed by atoms with Gasteiger partial charge in [-0.15, -0.1) is 0 Å². The van der Waals surface area contributed by atoms with E-state index in [1.807, 2.05) is 6.92 Å². The Kier molecular flexibility index (Phi) is 18.3. The summed E-state index contributed by atoms with van der Waals surface area (Å²) in [5.41, 5.74) is -1.32. The van der Waals surface area contributed by atoms with Crippen molar-refractivity contribution < 1.29 is 81.2 Å². The van der Waals surface area contributed by atoms with Gasteiger partial charge < -0.3 is 67.1 Å². The molecule has 0 aliphatic carbocycles. The van der Waals surface area contributed by atoms with Gasteiger partial charge >= 0.3 is 30.0 Å². The fourth-order valence-corrected chi connectivity index (χ4v) is 8.89. The maximum absolute atomic E-state index is 13.4. The number of hydrogen-bond donors (Lipinski definition) is 1. The maximum atomic E-state index is 13.4. The third-order valence-electron chi connectivity index (χ3n) is 12.0. The van der Waals surface area contributed by atoms with Crippen LogP contribution in [0.1, 0.15) is 100 Å². The van der Waals surface area contributed by atoms with Gasteiger partial charge in [-0.25, -0.2) is 4.79 Å². The second kappa shape index (κ2) is 22.2. The number of aldehydes is 1. The van der Waals surface area contributed by atoms with Crippen molar-refractivity contribution in [1.29, 1.82) is 0 Å². The summed E-state index contributed by atoms with van der Waals surface area (Å²) in [5, 5.41) is 12.2. The lowest BCUT2D eigenvalue weighted by atomic mass is 9.82. The van der Waals surface area contributed by atoms with Crippen LogP contribution in [0.5, 0.6) is 0 Å². The van der Waals surface area contributed by atoms with Crippen LogP contribution in [-0.2, 0) is 71.3 Å². The SMILES string of the molecule is CCC(=O)OC1C(C)OC(OC2C(C)OC(O[C@@H]3C(OC)[C@H](OC(=O)CC)CC(=O)O[C@H](C)CCN4C[C@H](OC4=O)[C@H](C)C[C@@H]3CC=O)C(O)C2N(C)C)CC1(C)OC(C)=O. The molecule has 348 valence electrons. The number of likely N-dealkylation sites (N-methyl/N-ethyl adjacent to an activating group) is 1. The highest BCUT2D eigenvalue weighted by atomic mass is 16.7. The minimum Gasteiger partial charge on any atom is -0.462 e. The molecule has 19 nitrogen and oxygen atoms in total. The Balaban J connectivity index is 1.69. The number of aliphatic hydroxyl groups is 1. The molecule has 10 unspecified atom stereocenters. The van der Waals surface area contributed by atoms with E-state index < -0.39 is 128 Å². The number of rotatable bonds is 13. The molecule has 1 N–H and O–H groups in total. The van der Waals surface area contributed by atoms with E-state index in [4.69, 9.17) is 47.4 Å². The van der Waals surface area contributed by atoms with Gasteiger partial charge in [0.25, 0.3) is 0 Å². The number of amides is 1. The lowest BCUT2D eigenvalue weighted by Gasteiger charge is -2.50. The van der Waals surface area contributed by atoms with Gasteiger partial charge in [0.2, 0.25) is 0 Å². The topological polar surface area (TPSA) is 221 Å². The lowest BCUT2D eigenvalue weighted by Crippen LogP contribution is -2.66. The predicted octanol–water partition coefficient (Wildman–Crippen LogP) is 2.69. The number of cyclic esters (lactones) is 1. The molecular weight excluding hydrogens is 804 g/mol. The van der Waals surface area contributed by atoms with E-state index in [0.29, 0.717) is 6.42 Å². The van der Waals surface area contributed by atoms with E-state index in [1.54, 1.807) is 65.4 Å². The first-order valence-electron chi connectivity index (χ1n) is 21.4. The molecule has 0 aromatic heterocycles. The van der Waals surface area contributed by atoms with Crippen LogP contribution in [0.15, 0.2) is 0 Å². The third kappa shape index (κ3) is 12.8. The highest BCUT2D eigenvalue weighted by Gasteiger charge is 2.54. The van der Waals surface area contributed by atoms with Gasteiger partial charge in [0.05, 0.1) is 37.3 Å². The molecule has 4 fully saturated rings. The summed E-state index contributed by atoms with van der Waals surface area (Å²) in [7, 11) is 4.85. The molecule has 2 bridgehead atoms. The predicted molar refractivity (Wildman–Crippen MR) is 212 cm³/mol. The summed E-state index contributed by atoms with van der Waals surface area (Å²) < 4.78 is 60.7. The lowest BCUT2D eigenvalue weighted by molar-refractivity contribution is -0.344. The highest BCUT2D eigenvalue weighted by Crippen LogP contribution is 2.39. The molecule has 0 radical (unpaired) electrons. The van der Waals surface area contributed by atoms with Crippen LogP contribution >= 0.6 is 0 Å². The first-order chi connectivity index (χ1) is 28.7. The Morgan fingerprint density at radius 2 is 1.62 bits per heavy atom. The Morgan fingerprint density at radius 1 is 0.951 bits per heavy atom. The molecule has 0 aromatic rings. The van der Waals surface area contributed by atoms with Crippen LogP contribution in [0.2, 0.25) is 0 Å². The van der Waals surface area contributed by atoms with Crippen LogP contribution in [0, 0.1) is 11.8 Å². The first kappa shape index (κ1) is 50.2. The number of carbonyl (C=O) groups is 6. The van der Waals surface area contributed by atoms with Crippen LogP contribution in [0.25, 0.3) is 0 Å². The van der Waals surface area contributed by atoms with Crippen molar-refractivity contribution >= 4 is 36.3 Å². The van der Waals surface area contributed by atoms with E-state index in [-0.39, 0.29) is 51.1 Å². The Labute approximate surface area is 358 Å². The molecule has 4 aliphatic rings. The molecule has 19 heteroatoms. The number of ether oxygens (including phenoxy) is 10. The minimum absolute atomic E-state index is 0.0104. The van der Waals surface area contributed by atoms with Gasteiger partial charge in [0.15, 0.2) is 24.3 Å². The van der Waals surface area contributed by atoms with Crippen molar-refractivity contribution in [1.82, 2.24) is 9.80 Å². The van der Waals surface area contributed by atoms with Crippen molar-refractivity contribution in [3.05, 3.63) is 0 Å². The quantitative estimate of drug-likeness (QED) is 0.160. The largest absolute Gasteiger partial charge is 0.462 e. The summed E-state index contributed by atoms with van der Waals surface area (Å²) in [5.74, 6) is -3.38. The molecular formula is C42H68N2O17. The molecule has 0 spiro atoms. The Hall–Kier alpha value is -3.46. The number of aliphatic hydroxyl groups excluding tert-OH is 1. The van der Waals surface area contributed by atoms with Gasteiger partial charge in [0, 0.05) is 52.7 Å². The molecule has 0 aromatic carbocycles. The number of hydrogen-bond acceptors (Lipinski definition) is 18. The average molecular weight is 873 g/mol. The van der Waals surface area contributed by atoms with Gasteiger partial charge in [-0.2, -0.15) is 0 Å². The van der Waals surface area contributed by atoms with Crippen molar-refractivity contribution in [3.8, 4) is 0 Å². The van der Waals surface area contributed by atoms with Crippen molar-refractivity contribution in [2.24, 2.45) is 11.8 Å². The van der Waals surface area contributed by atoms with Gasteiger partial charge in [-0.05, 0) is 60.0 Å². The molecule has 4 aliphatic heterocycles. The van der Waals surface area contributed by atoms with Crippen molar-refractivity contribution in [3.63, 3.8) is 0 Å². The summed E-state index contributed by atoms with van der Waals surface area (Å²) in [6.45, 7) is 13.7. The number of fused-ring (bicyclic) bond motifs is 2. The minimum atomic E-state index is -1.43. The normalized spacial score (nSPS) is 39.0. The number of methoxy groups -OCH3 is 1. The van der Waals surface area contributed by atoms with Gasteiger partial charge in [0.1, 0.15) is 42.9 Å². The van der Waals surface area contributed by atoms with E-state index in [0.717, 1.165) is 6.29 Å². The molecule has 4 rings (SSSR count). The number of carbonyl (C=O) groups excluding carboxylic acids is 6. The summed E-state index contributed by atoms with van der Waals surface area (Å²) in [4.78, 5) is 79.6. The number of nitrogens with zero attached hydrogens (tertiary/aromatic N) is 2. The van der Waals surface area contributed by atoms with Crippen LogP contribution in [-0.4, -0.2) is 171 Å². The second-order valence-corrected chi connectivity index (χ2v) is 17.1. The fourth-order valence-electron chi connectivity index (χ4n) is 8.89. The van der Waals surface area contributed by atoms with E-state index in [2.05, 4.69) is 0 Å². The van der Waals surface area contributed by atoms with E-state index >= 15 is 0 Å². The smallest absolute Gasteiger partial charge is 0.410 e. The number of esters is 4. The van der Waals surface area contributed by atoms with Crippen molar-refractivity contribution in [2.45, 2.75) is 186 Å². The molecule has 4 heterocycles. The zero-order valence-electron chi connectivity index (χ0n) is 37.5. The summed E-state index contributed by atoms with van der Waals surface area (Å²) in [6.07, 6.45) is -11.5. The molecule has 4 saturated heterocycles. The Morgan fingerprint density at radius 3 is 2.23 bits per heavy atom. The zero-order chi connectivity index (χ0) is 45.3. The average Bonchev–Trinajstić information content (AvgIpc) is 3.55. The summed E-state index contributed by atoms with van der Waals surface area (Å²) in [6, 6.07) is -0.816. The van der Waals surface area contributed by atoms with Crippen LogP contribution in [0.4, 0.5) is 4.79 Å². The standard InChI is InChI=1S/C42H68N2O17/c1-12-30(47)56-28-19-32(49)53-23(4)14-16-44-21-29(57-41(44)51)22(3)18-27(15-17-45)37(38(28)52-11)60-40-35(50)34(43(9)10)36(24(5)55-40)59-33-20-42(8,61-26(7)46)39(25(6)54-33)58-31(48)13-2/h17,22-25,27-29,33-40,50H,12-16,18-21H2,1-11H3/t22-,23-,24?,25?,27+,28-,29+,33?,34?,35?,36?,37+,38?,39?,40?,42?/m1/s1. The molecule has 0 saturated carbocycles. The monoisotopic (exact) mass is 872 g/mol. The summed E-state index contributed by atoms with van der Waals surface area (Å²) >= 11 is 0. The molecule has 16 atom stereocenters. The first-order valence-corrected chi connectivity index (χ1v) is 21.4. The van der Waals surface area contributed by atoms with E-state index in [1.165, 1.54) is 14.0 Å². The maximum Gasteiger partial charge on any atom is 0.410 e. The highest BCUT2D eigenvalue weighted by molar-refractivity contribution is 5.73. The molecule has 61 heavy (non-hydrogen) atoms. The second-order valence-electron chi connectivity index (χ2n) is 17.1. The fraction of sp³-hybridized carbons (Fsp3) is 0.857. The van der Waals surface area contributed by atoms with Crippen LogP contribution < -0.4 is 0 Å². The molecule has 1 amide bonds. The third-order valence-corrected chi connectivity index (χ3v) is 12.0. The van der Waals surface area contributed by atoms with Gasteiger partial charge in [-0.3, -0.25) is 19.2 Å². The zero-order valence-corrected chi connectivity index (χ0v) is 37.5. The Bertz CT molecular complexity index is 1520. The van der Waals surface area contributed by atoms with Gasteiger partial charge in [-0.1, -0.05) is 20.8 Å². The van der Waals surface area contributed by atoms with Crippen LogP contribution in [0.3, 0.4) is 0 Å². The van der Waals surface area contributed by atoms with E-state index in [9.17, 15) is 33.9 Å². The van der Waals surface area contributed by atoms with Crippen molar-refractivity contribution in [2.75, 3.05) is 34.3 Å².